The second-order valence-corrected chi connectivity index (χ2v) is 19.2. The van der Waals surface area contributed by atoms with Gasteiger partial charge in [0.15, 0.2) is 37.6 Å². The Balaban J connectivity index is 0.000000380. The van der Waals surface area contributed by atoms with Gasteiger partial charge in [-0.05, 0) is 55.4 Å². The van der Waals surface area contributed by atoms with Crippen molar-refractivity contribution in [1.82, 2.24) is 27.3 Å². The van der Waals surface area contributed by atoms with Crippen molar-refractivity contribution in [2.75, 3.05) is 102 Å². The number of morpholine rings is 2. The summed E-state index contributed by atoms with van der Waals surface area (Å²) >= 11 is 2.01. The number of carbonyl (C=O) groups excluding carboxylic acids is 8. The van der Waals surface area contributed by atoms with Gasteiger partial charge < -0.3 is 67.0 Å². The fourth-order valence-corrected chi connectivity index (χ4v) is 7.73. The molecule has 0 radical (unpaired) electrons. The summed E-state index contributed by atoms with van der Waals surface area (Å²) in [5, 5.41) is 0. The number of amides is 2. The van der Waals surface area contributed by atoms with Gasteiger partial charge in [0.05, 0.1) is 63.0 Å². The summed E-state index contributed by atoms with van der Waals surface area (Å²) in [6.07, 6.45) is -3.96. The number of esters is 6. The molecule has 2 fully saturated rings. The van der Waals surface area contributed by atoms with E-state index in [9.17, 15) is 38.4 Å². The molecule has 2 aromatic heterocycles. The zero-order valence-corrected chi connectivity index (χ0v) is 44.6. The number of anilines is 2. The van der Waals surface area contributed by atoms with Crippen molar-refractivity contribution >= 4 is 82.7 Å². The molecule has 4 rings (SSSR count). The van der Waals surface area contributed by atoms with Crippen LogP contribution in [-0.2, 0) is 76.3 Å². The Morgan fingerprint density at radius 2 is 0.861 bits per heavy atom. The van der Waals surface area contributed by atoms with E-state index in [0.717, 1.165) is 23.5 Å². The van der Waals surface area contributed by atoms with E-state index in [1.54, 1.807) is 41.5 Å². The summed E-state index contributed by atoms with van der Waals surface area (Å²) in [6, 6.07) is 0. The van der Waals surface area contributed by atoms with Crippen LogP contribution in [0.3, 0.4) is 0 Å². The smallest absolute Gasteiger partial charge is 0.347 e. The zero-order valence-electron chi connectivity index (χ0n) is 43.0. The highest BCUT2D eigenvalue weighted by molar-refractivity contribution is 6.99. The first-order valence-electron chi connectivity index (χ1n) is 23.0. The predicted molar refractivity (Wildman–Crippen MR) is 255 cm³/mol. The molecule has 2 saturated heterocycles. The largest absolute Gasteiger partial charge is 0.470 e. The molecule has 28 heteroatoms. The zero-order chi connectivity index (χ0) is 53.8. The van der Waals surface area contributed by atoms with Crippen LogP contribution in [0, 0.1) is 0 Å². The maximum atomic E-state index is 13.0. The number of hydrogen-bond donors (Lipinski definition) is 0. The first-order chi connectivity index (χ1) is 33.8. The lowest BCUT2D eigenvalue weighted by Gasteiger charge is -2.37. The second-order valence-electron chi connectivity index (χ2n) is 18.1. The number of rotatable bonds is 22. The summed E-state index contributed by atoms with van der Waals surface area (Å²) in [5.41, 5.74) is -1.41. The van der Waals surface area contributed by atoms with Crippen molar-refractivity contribution in [1.29, 1.82) is 0 Å². The van der Waals surface area contributed by atoms with E-state index in [-0.39, 0.29) is 26.3 Å². The Morgan fingerprint density at radius 3 is 1.15 bits per heavy atom. The third-order valence-corrected chi connectivity index (χ3v) is 11.0. The Bertz CT molecular complexity index is 1970. The lowest BCUT2D eigenvalue weighted by molar-refractivity contribution is -0.169. The van der Waals surface area contributed by atoms with E-state index >= 15 is 0 Å². The first kappa shape index (κ1) is 60.3. The molecule has 26 nitrogen and oxygen atoms in total. The lowest BCUT2D eigenvalue weighted by atomic mass is 10.1. The van der Waals surface area contributed by atoms with Crippen LogP contribution in [0.4, 0.5) is 11.6 Å². The molecule has 2 aliphatic rings. The van der Waals surface area contributed by atoms with Crippen molar-refractivity contribution in [3.05, 3.63) is 0 Å². The van der Waals surface area contributed by atoms with Crippen molar-refractivity contribution in [2.24, 2.45) is 0 Å². The third kappa shape index (κ3) is 21.0. The van der Waals surface area contributed by atoms with Crippen LogP contribution >= 0.6 is 23.5 Å². The highest BCUT2D eigenvalue weighted by Crippen LogP contribution is 2.28. The van der Waals surface area contributed by atoms with E-state index in [2.05, 4.69) is 17.5 Å². The molecule has 0 N–H and O–H groups in total. The molecule has 0 saturated carbocycles. The topological polar surface area (TPSA) is 293 Å². The Morgan fingerprint density at radius 1 is 0.542 bits per heavy atom. The number of aromatic nitrogens is 4. The minimum absolute atomic E-state index is 0.0244. The van der Waals surface area contributed by atoms with Crippen LogP contribution < -0.4 is 19.3 Å². The first-order valence-corrected chi connectivity index (χ1v) is 24.4. The molecule has 2 amide bonds. The molecule has 4 atom stereocenters. The average molecular weight is 1060 g/mol. The van der Waals surface area contributed by atoms with Crippen molar-refractivity contribution in [2.45, 2.75) is 119 Å². The van der Waals surface area contributed by atoms with Crippen molar-refractivity contribution < 1.29 is 85.7 Å². The van der Waals surface area contributed by atoms with Gasteiger partial charge in [0.1, 0.15) is 13.2 Å². The summed E-state index contributed by atoms with van der Waals surface area (Å²) in [7, 11) is 0. The summed E-state index contributed by atoms with van der Waals surface area (Å²) in [5.74, 6) is -3.32. The van der Waals surface area contributed by atoms with Crippen LogP contribution in [0.25, 0.3) is 0 Å². The van der Waals surface area contributed by atoms with Gasteiger partial charge in [-0.1, -0.05) is 0 Å². The molecular formula is C44H68N8O18S2. The maximum Gasteiger partial charge on any atom is 0.347 e. The van der Waals surface area contributed by atoms with E-state index in [0.29, 0.717) is 76.0 Å². The number of nitrogens with zero attached hydrogens (tertiary/aromatic N) is 8. The number of carbonyl (C=O) groups is 8. The minimum atomic E-state index is -1.15. The van der Waals surface area contributed by atoms with E-state index in [1.165, 1.54) is 51.3 Å². The highest BCUT2D eigenvalue weighted by atomic mass is 32.1. The SMILES string of the molecule is CC(=O)OC(C)C(=O)OCC(=O)N(C[C@@H](COc1nsnc1N1CCOCC1)OC(C)=O)C(C)(C)C.CC(=O)OC(C)C(=O)OCC(=O)N(C[C@@H](COc1nsnc1N1CCOCC1)OC(C)=O)C(C)(C)C. The van der Waals surface area contributed by atoms with Gasteiger partial charge in [-0.25, -0.2) is 9.59 Å². The molecular weight excluding hydrogens is 993 g/mol. The fourth-order valence-electron chi connectivity index (χ4n) is 6.69. The van der Waals surface area contributed by atoms with E-state index in [1.807, 2.05) is 9.80 Å². The Labute approximate surface area is 426 Å². The van der Waals surface area contributed by atoms with Crippen LogP contribution in [0.15, 0.2) is 0 Å². The molecule has 2 aliphatic heterocycles. The van der Waals surface area contributed by atoms with Gasteiger partial charge in [-0.15, -0.1) is 8.75 Å². The normalized spacial score (nSPS) is 15.4. The quantitative estimate of drug-likeness (QED) is 0.120. The maximum absolute atomic E-state index is 13.0. The summed E-state index contributed by atoms with van der Waals surface area (Å²) in [6.45, 7) is 21.8. The summed E-state index contributed by atoms with van der Waals surface area (Å²) in [4.78, 5) is 102. The third-order valence-electron chi connectivity index (χ3n) is 10.0. The van der Waals surface area contributed by atoms with Gasteiger partial charge in [0.2, 0.25) is 11.6 Å². The average Bonchev–Trinajstić information content (AvgIpc) is 3.98. The molecule has 404 valence electrons. The molecule has 0 spiro atoms. The molecule has 4 heterocycles. The van der Waals surface area contributed by atoms with Gasteiger partial charge in [0, 0.05) is 65.0 Å². The van der Waals surface area contributed by atoms with E-state index < -0.39 is 96.3 Å². The van der Waals surface area contributed by atoms with Crippen LogP contribution in [0.1, 0.15) is 83.1 Å². The van der Waals surface area contributed by atoms with E-state index in [4.69, 9.17) is 47.4 Å². The monoisotopic (exact) mass is 1060 g/mol. The predicted octanol–water partition coefficient (Wildman–Crippen LogP) is 1.61. The molecule has 72 heavy (non-hydrogen) atoms. The van der Waals surface area contributed by atoms with Crippen LogP contribution in [-0.4, -0.2) is 203 Å². The van der Waals surface area contributed by atoms with Gasteiger partial charge in [0.25, 0.3) is 23.6 Å². The molecule has 0 aliphatic carbocycles. The molecule has 2 aromatic rings. The minimum Gasteiger partial charge on any atom is -0.470 e. The standard InChI is InChI=1S/2C22H34N4O9S/c2*1-14(34-15(2)27)21(30)33-13-18(29)26(22(4,5)6)11-17(35-16(3)28)12-32-20-19(23-36-24-20)25-7-9-31-10-8-25/h2*14,17H,7-13H2,1-6H3/t2*14?,17-/m00/s1. The molecule has 0 bridgehead atoms. The van der Waals surface area contributed by atoms with Crippen LogP contribution in [0.5, 0.6) is 11.8 Å². The highest BCUT2D eigenvalue weighted by Gasteiger charge is 2.34. The summed E-state index contributed by atoms with van der Waals surface area (Å²) < 4.78 is 69.9. The lowest BCUT2D eigenvalue weighted by Crippen LogP contribution is -2.52. The van der Waals surface area contributed by atoms with Gasteiger partial charge in [-0.2, -0.15) is 8.75 Å². The number of ether oxygens (including phenoxy) is 10. The van der Waals surface area contributed by atoms with Gasteiger partial charge in [-0.3, -0.25) is 28.8 Å². The van der Waals surface area contributed by atoms with Crippen molar-refractivity contribution in [3.63, 3.8) is 0 Å². The fraction of sp³-hybridized carbons (Fsp3) is 0.727. The Hall–Kier alpha value is -6.00. The van der Waals surface area contributed by atoms with Crippen molar-refractivity contribution in [3.8, 4) is 11.8 Å². The second kappa shape index (κ2) is 28.9. The Kier molecular flexibility index (Phi) is 24.2. The molecule has 0 aromatic carbocycles. The van der Waals surface area contributed by atoms with Gasteiger partial charge >= 0.3 is 35.8 Å². The van der Waals surface area contributed by atoms with Crippen LogP contribution in [0.2, 0.25) is 0 Å². The number of hydrogen-bond acceptors (Lipinski definition) is 26. The molecule has 2 unspecified atom stereocenters.